The molecule has 2 aromatic carbocycles. The summed E-state index contributed by atoms with van der Waals surface area (Å²) in [5, 5.41) is 5.21. The summed E-state index contributed by atoms with van der Waals surface area (Å²) in [5.41, 5.74) is -0.271. The molecule has 0 bridgehead atoms. The largest absolute Gasteiger partial charge is 0.416 e. The highest BCUT2D eigenvalue weighted by molar-refractivity contribution is 7.89. The van der Waals surface area contributed by atoms with Crippen molar-refractivity contribution in [2.45, 2.75) is 17.2 Å². The molecule has 10 heteroatoms. The van der Waals surface area contributed by atoms with Gasteiger partial charge in [-0.05, 0) is 35.9 Å². The highest BCUT2D eigenvalue weighted by atomic mass is 32.2. The van der Waals surface area contributed by atoms with Crippen LogP contribution in [0.5, 0.6) is 0 Å². The van der Waals surface area contributed by atoms with Gasteiger partial charge >= 0.3 is 6.18 Å². The van der Waals surface area contributed by atoms with Crippen LogP contribution in [0.2, 0.25) is 0 Å². The molecular formula is C16H14F3N3O3S. The van der Waals surface area contributed by atoms with E-state index in [0.29, 0.717) is 11.1 Å². The van der Waals surface area contributed by atoms with E-state index in [2.05, 4.69) is 15.4 Å². The number of rotatable bonds is 2. The molecule has 1 amide bonds. The van der Waals surface area contributed by atoms with Gasteiger partial charge in [0.05, 0.1) is 11.3 Å². The number of halogens is 3. The molecule has 0 radical (unpaired) electrons. The molecule has 26 heavy (non-hydrogen) atoms. The minimum atomic E-state index is -4.59. The Morgan fingerprint density at radius 1 is 1.12 bits per heavy atom. The first kappa shape index (κ1) is 18.2. The molecule has 3 rings (SSSR count). The van der Waals surface area contributed by atoms with Crippen molar-refractivity contribution in [3.8, 4) is 0 Å². The van der Waals surface area contributed by atoms with E-state index in [1.165, 1.54) is 31.3 Å². The zero-order valence-corrected chi connectivity index (χ0v) is 14.2. The number of alkyl halides is 3. The molecule has 0 spiro atoms. The standard InChI is InChI=1S/C16H14F3N3O3S/c1-20-15(23)10-4-2-9(3-5-10)14-21-12-8-11(16(17,18)19)6-7-13(12)26(24,25)22-14/h2-8,14,21-22H,1H3,(H,20,23)/t14-/m0/s1. The molecule has 1 aliphatic rings. The number of sulfonamides is 1. The van der Waals surface area contributed by atoms with Crippen molar-refractivity contribution in [2.75, 3.05) is 12.4 Å². The fourth-order valence-corrected chi connectivity index (χ4v) is 3.87. The van der Waals surface area contributed by atoms with Crippen molar-refractivity contribution in [2.24, 2.45) is 0 Å². The summed E-state index contributed by atoms with van der Waals surface area (Å²) in [5.74, 6) is -0.311. The maximum atomic E-state index is 12.9. The second-order valence-corrected chi connectivity index (χ2v) is 7.29. The normalized spacial score (nSPS) is 18.5. The van der Waals surface area contributed by atoms with Crippen LogP contribution in [0.4, 0.5) is 18.9 Å². The van der Waals surface area contributed by atoms with Crippen LogP contribution in [0.3, 0.4) is 0 Å². The molecule has 3 N–H and O–H groups in total. The quantitative estimate of drug-likeness (QED) is 0.741. The lowest BCUT2D eigenvalue weighted by Gasteiger charge is -2.29. The smallest absolute Gasteiger partial charge is 0.364 e. The predicted octanol–water partition coefficient (Wildman–Crippen LogP) is 2.47. The van der Waals surface area contributed by atoms with Crippen LogP contribution in [0, 0.1) is 0 Å². The molecule has 138 valence electrons. The van der Waals surface area contributed by atoms with Crippen LogP contribution in [-0.2, 0) is 16.2 Å². The molecule has 0 aliphatic carbocycles. The minimum Gasteiger partial charge on any atom is -0.364 e. The van der Waals surface area contributed by atoms with E-state index in [4.69, 9.17) is 0 Å². The van der Waals surface area contributed by atoms with Gasteiger partial charge in [-0.3, -0.25) is 4.79 Å². The van der Waals surface area contributed by atoms with Gasteiger partial charge in [-0.1, -0.05) is 12.1 Å². The van der Waals surface area contributed by atoms with E-state index >= 15 is 0 Å². The summed E-state index contributed by atoms with van der Waals surface area (Å²) in [6, 6.07) is 8.42. The average molecular weight is 385 g/mol. The Morgan fingerprint density at radius 2 is 1.77 bits per heavy atom. The van der Waals surface area contributed by atoms with Crippen molar-refractivity contribution in [1.29, 1.82) is 0 Å². The highest BCUT2D eigenvalue weighted by Gasteiger charge is 2.35. The third kappa shape index (κ3) is 3.37. The number of fused-ring (bicyclic) bond motifs is 1. The molecule has 1 aliphatic heterocycles. The first-order chi connectivity index (χ1) is 12.1. The first-order valence-electron chi connectivity index (χ1n) is 7.44. The maximum absolute atomic E-state index is 12.9. The molecular weight excluding hydrogens is 371 g/mol. The number of carbonyl (C=O) groups excluding carboxylic acids is 1. The first-order valence-corrected chi connectivity index (χ1v) is 8.92. The second-order valence-electron chi connectivity index (χ2n) is 5.61. The van der Waals surface area contributed by atoms with Crippen LogP contribution in [0.1, 0.15) is 27.7 Å². The number of hydrogen-bond donors (Lipinski definition) is 3. The lowest BCUT2D eigenvalue weighted by Crippen LogP contribution is -2.38. The maximum Gasteiger partial charge on any atom is 0.416 e. The van der Waals surface area contributed by atoms with Crippen molar-refractivity contribution in [3.63, 3.8) is 0 Å². The Labute approximate surface area is 147 Å². The molecule has 0 unspecified atom stereocenters. The second kappa shape index (κ2) is 6.29. The van der Waals surface area contributed by atoms with E-state index in [9.17, 15) is 26.4 Å². The Kier molecular flexibility index (Phi) is 4.41. The lowest BCUT2D eigenvalue weighted by atomic mass is 10.1. The van der Waals surface area contributed by atoms with E-state index < -0.39 is 27.9 Å². The van der Waals surface area contributed by atoms with Gasteiger partial charge in [-0.15, -0.1) is 0 Å². The van der Waals surface area contributed by atoms with Crippen LogP contribution in [0.25, 0.3) is 0 Å². The van der Waals surface area contributed by atoms with Gasteiger partial charge in [-0.2, -0.15) is 17.9 Å². The van der Waals surface area contributed by atoms with Crippen molar-refractivity contribution in [3.05, 3.63) is 59.2 Å². The molecule has 0 saturated heterocycles. The summed E-state index contributed by atoms with van der Waals surface area (Å²) in [6.45, 7) is 0. The Hall–Kier alpha value is -2.59. The summed E-state index contributed by atoms with van der Waals surface area (Å²) >= 11 is 0. The molecule has 1 atom stereocenters. The Morgan fingerprint density at radius 3 is 2.35 bits per heavy atom. The summed E-state index contributed by atoms with van der Waals surface area (Å²) < 4.78 is 65.7. The van der Waals surface area contributed by atoms with Crippen molar-refractivity contribution in [1.82, 2.24) is 10.0 Å². The van der Waals surface area contributed by atoms with Gasteiger partial charge < -0.3 is 10.6 Å². The number of hydrogen-bond acceptors (Lipinski definition) is 4. The van der Waals surface area contributed by atoms with Crippen molar-refractivity contribution < 1.29 is 26.4 Å². The fourth-order valence-electron chi connectivity index (χ4n) is 2.58. The van der Waals surface area contributed by atoms with E-state index in [-0.39, 0.29) is 16.5 Å². The molecule has 6 nitrogen and oxygen atoms in total. The van der Waals surface area contributed by atoms with Gasteiger partial charge in [0.15, 0.2) is 0 Å². The Bertz CT molecular complexity index is 957. The third-order valence-electron chi connectivity index (χ3n) is 3.90. The lowest BCUT2D eigenvalue weighted by molar-refractivity contribution is -0.137. The highest BCUT2D eigenvalue weighted by Crippen LogP contribution is 2.37. The van der Waals surface area contributed by atoms with Crippen LogP contribution in [-0.4, -0.2) is 21.4 Å². The predicted molar refractivity (Wildman–Crippen MR) is 88.0 cm³/mol. The third-order valence-corrected chi connectivity index (χ3v) is 5.38. The molecule has 0 aromatic heterocycles. The van der Waals surface area contributed by atoms with Gasteiger partial charge in [0, 0.05) is 12.6 Å². The number of anilines is 1. The zero-order chi connectivity index (χ0) is 19.1. The van der Waals surface area contributed by atoms with Crippen LogP contribution >= 0.6 is 0 Å². The van der Waals surface area contributed by atoms with Crippen LogP contribution in [0.15, 0.2) is 47.4 Å². The SMILES string of the molecule is CNC(=O)c1ccc([C@H]2Nc3cc(C(F)(F)F)ccc3S(=O)(=O)N2)cc1. The van der Waals surface area contributed by atoms with Gasteiger partial charge in [-0.25, -0.2) is 8.42 Å². The van der Waals surface area contributed by atoms with Crippen molar-refractivity contribution >= 4 is 21.6 Å². The van der Waals surface area contributed by atoms with Gasteiger partial charge in [0.1, 0.15) is 11.1 Å². The number of carbonyl (C=O) groups is 1. The summed E-state index contributed by atoms with van der Waals surface area (Å²) in [7, 11) is -2.52. The van der Waals surface area contributed by atoms with Crippen LogP contribution < -0.4 is 15.4 Å². The van der Waals surface area contributed by atoms with E-state index in [0.717, 1.165) is 18.2 Å². The molecule has 1 heterocycles. The monoisotopic (exact) mass is 385 g/mol. The molecule has 0 saturated carbocycles. The number of nitrogens with one attached hydrogen (secondary N) is 3. The van der Waals surface area contributed by atoms with Gasteiger partial charge in [0.2, 0.25) is 10.0 Å². The minimum absolute atomic E-state index is 0.140. The number of amides is 1. The summed E-state index contributed by atoms with van der Waals surface area (Å²) in [4.78, 5) is 11.3. The molecule has 2 aromatic rings. The average Bonchev–Trinajstić information content (AvgIpc) is 2.59. The van der Waals surface area contributed by atoms with E-state index in [1.807, 2.05) is 0 Å². The topological polar surface area (TPSA) is 87.3 Å². The number of benzene rings is 2. The Balaban J connectivity index is 1.97. The van der Waals surface area contributed by atoms with Gasteiger partial charge in [0.25, 0.3) is 5.91 Å². The fraction of sp³-hybridized carbons (Fsp3) is 0.188. The van der Waals surface area contributed by atoms with E-state index in [1.54, 1.807) is 0 Å². The summed E-state index contributed by atoms with van der Waals surface area (Å²) in [6.07, 6.45) is -5.55. The molecule has 0 fully saturated rings. The zero-order valence-electron chi connectivity index (χ0n) is 13.4.